The maximum Gasteiger partial charge on any atom is 0.344 e. The maximum absolute atomic E-state index is 11.7. The summed E-state index contributed by atoms with van der Waals surface area (Å²) in [7, 11) is 0. The van der Waals surface area contributed by atoms with Crippen molar-refractivity contribution in [2.45, 2.75) is 46.1 Å². The van der Waals surface area contributed by atoms with E-state index in [1.54, 1.807) is 0 Å². The summed E-state index contributed by atoms with van der Waals surface area (Å²) in [5.41, 5.74) is 0.231. The Morgan fingerprint density at radius 1 is 1.26 bits per heavy atom. The summed E-state index contributed by atoms with van der Waals surface area (Å²) in [4.78, 5) is 22.6. The van der Waals surface area contributed by atoms with Gasteiger partial charge in [0.1, 0.15) is 12.0 Å². The van der Waals surface area contributed by atoms with Crippen molar-refractivity contribution in [3.8, 4) is 0 Å². The molecule has 2 aliphatic carbocycles. The van der Waals surface area contributed by atoms with Crippen molar-refractivity contribution in [2.24, 2.45) is 16.7 Å². The Balaban J connectivity index is 1.91. The van der Waals surface area contributed by atoms with Crippen LogP contribution in [-0.4, -0.2) is 30.5 Å². The van der Waals surface area contributed by atoms with Gasteiger partial charge in [-0.15, -0.1) is 11.6 Å². The molecule has 4 nitrogen and oxygen atoms in total. The minimum Gasteiger partial charge on any atom is -0.459 e. The Labute approximate surface area is 118 Å². The van der Waals surface area contributed by atoms with Crippen LogP contribution in [0, 0.1) is 16.7 Å². The molecule has 19 heavy (non-hydrogen) atoms. The van der Waals surface area contributed by atoms with Crippen LogP contribution in [0.5, 0.6) is 0 Å². The lowest BCUT2D eigenvalue weighted by molar-refractivity contribution is -0.166. The van der Waals surface area contributed by atoms with E-state index < -0.39 is 11.9 Å². The quantitative estimate of drug-likeness (QED) is 0.589. The molecule has 2 fully saturated rings. The highest BCUT2D eigenvalue weighted by Gasteiger charge is 2.62. The molecule has 0 spiro atoms. The topological polar surface area (TPSA) is 52.6 Å². The number of halogens is 1. The molecule has 0 amide bonds. The molecule has 3 atom stereocenters. The van der Waals surface area contributed by atoms with Gasteiger partial charge in [0.2, 0.25) is 0 Å². The zero-order valence-corrected chi connectivity index (χ0v) is 12.5. The van der Waals surface area contributed by atoms with Crippen molar-refractivity contribution < 1.29 is 19.1 Å². The number of esters is 2. The van der Waals surface area contributed by atoms with Crippen LogP contribution in [0.15, 0.2) is 0 Å². The molecule has 0 N–H and O–H groups in total. The van der Waals surface area contributed by atoms with Crippen LogP contribution >= 0.6 is 11.6 Å². The molecule has 2 aliphatic rings. The third-order valence-corrected chi connectivity index (χ3v) is 5.67. The molecule has 2 bridgehead atoms. The molecule has 2 saturated carbocycles. The normalized spacial score (nSPS) is 35.2. The van der Waals surface area contributed by atoms with Crippen molar-refractivity contribution >= 4 is 23.5 Å². The first-order chi connectivity index (χ1) is 8.81. The second-order valence-corrected chi connectivity index (χ2v) is 6.65. The minimum absolute atomic E-state index is 0.0316. The molecular formula is C14H21ClO4. The highest BCUT2D eigenvalue weighted by atomic mass is 35.5. The molecule has 2 unspecified atom stereocenters. The molecule has 0 radical (unpaired) electrons. The van der Waals surface area contributed by atoms with Crippen LogP contribution in [0.3, 0.4) is 0 Å². The number of ether oxygens (including phenoxy) is 2. The smallest absolute Gasteiger partial charge is 0.344 e. The summed E-state index contributed by atoms with van der Waals surface area (Å²) in [5.74, 6) is -0.712. The Morgan fingerprint density at radius 3 is 2.42 bits per heavy atom. The van der Waals surface area contributed by atoms with E-state index in [-0.39, 0.29) is 29.4 Å². The Bertz CT molecular complexity index is 393. The molecule has 0 aromatic heterocycles. The van der Waals surface area contributed by atoms with Gasteiger partial charge in [-0.1, -0.05) is 20.8 Å². The summed E-state index contributed by atoms with van der Waals surface area (Å²) in [6.45, 7) is 6.37. The number of fused-ring (bicyclic) bond motifs is 2. The van der Waals surface area contributed by atoms with Crippen LogP contribution in [0.25, 0.3) is 0 Å². The monoisotopic (exact) mass is 288 g/mol. The van der Waals surface area contributed by atoms with Gasteiger partial charge in [0.15, 0.2) is 6.61 Å². The molecule has 108 valence electrons. The maximum atomic E-state index is 11.7. The second-order valence-electron chi connectivity index (χ2n) is 6.38. The largest absolute Gasteiger partial charge is 0.459 e. The number of hydrogen-bond acceptors (Lipinski definition) is 4. The standard InChI is InChI=1S/C14H21ClO4/c1-13(2)9-4-5-14(13,3)10(6-9)19-12(17)8-18-11(16)7-15/h9-10H,4-8H2,1-3H3/t9?,10-,14?/m0/s1. The fourth-order valence-electron chi connectivity index (χ4n) is 3.68. The third-order valence-electron chi connectivity index (χ3n) is 5.45. The van der Waals surface area contributed by atoms with E-state index in [9.17, 15) is 9.59 Å². The predicted octanol–water partition coefficient (Wildman–Crippen LogP) is 2.53. The number of hydrogen-bond donors (Lipinski definition) is 0. The summed E-state index contributed by atoms with van der Waals surface area (Å²) in [6, 6.07) is 0. The Kier molecular flexibility index (Phi) is 3.83. The summed E-state index contributed by atoms with van der Waals surface area (Å²) < 4.78 is 10.2. The minimum atomic E-state index is -0.599. The van der Waals surface area contributed by atoms with Gasteiger partial charge in [-0.3, -0.25) is 4.79 Å². The number of carbonyl (C=O) groups is 2. The van der Waals surface area contributed by atoms with Crippen molar-refractivity contribution in [1.29, 1.82) is 0 Å². The second kappa shape index (κ2) is 4.97. The van der Waals surface area contributed by atoms with Gasteiger partial charge < -0.3 is 9.47 Å². The summed E-state index contributed by atoms with van der Waals surface area (Å²) in [6.07, 6.45) is 3.14. The van der Waals surface area contributed by atoms with E-state index in [1.807, 2.05) is 0 Å². The highest BCUT2D eigenvalue weighted by Crippen LogP contribution is 2.66. The fourth-order valence-corrected chi connectivity index (χ4v) is 3.76. The average molecular weight is 289 g/mol. The number of rotatable bonds is 4. The third kappa shape index (κ3) is 2.35. The van der Waals surface area contributed by atoms with Crippen LogP contribution < -0.4 is 0 Å². The van der Waals surface area contributed by atoms with E-state index in [4.69, 9.17) is 16.3 Å². The summed E-state index contributed by atoms with van der Waals surface area (Å²) in [5, 5.41) is 0. The van der Waals surface area contributed by atoms with Crippen LogP contribution in [0.1, 0.15) is 40.0 Å². The number of carbonyl (C=O) groups excluding carboxylic acids is 2. The van der Waals surface area contributed by atoms with E-state index in [1.165, 1.54) is 6.42 Å². The van der Waals surface area contributed by atoms with Crippen LogP contribution in [0.2, 0.25) is 0 Å². The summed E-state index contributed by atoms with van der Waals surface area (Å²) >= 11 is 5.29. The molecule has 5 heteroatoms. The zero-order chi connectivity index (χ0) is 14.3. The van der Waals surface area contributed by atoms with Gasteiger partial charge in [-0.05, 0) is 30.6 Å². The molecule has 0 saturated heterocycles. The lowest BCUT2D eigenvalue weighted by Crippen LogP contribution is -2.39. The molecule has 0 aliphatic heterocycles. The predicted molar refractivity (Wildman–Crippen MR) is 70.8 cm³/mol. The Hall–Kier alpha value is -0.770. The van der Waals surface area contributed by atoms with E-state index in [0.717, 1.165) is 12.8 Å². The lowest BCUT2D eigenvalue weighted by Gasteiger charge is -2.38. The van der Waals surface area contributed by atoms with E-state index >= 15 is 0 Å². The van der Waals surface area contributed by atoms with Gasteiger partial charge in [0, 0.05) is 5.41 Å². The Morgan fingerprint density at radius 2 is 1.95 bits per heavy atom. The molecule has 0 aromatic carbocycles. The van der Waals surface area contributed by atoms with Crippen LogP contribution in [0.4, 0.5) is 0 Å². The molecule has 0 heterocycles. The van der Waals surface area contributed by atoms with Crippen molar-refractivity contribution in [3.05, 3.63) is 0 Å². The lowest BCUT2D eigenvalue weighted by atomic mass is 9.70. The van der Waals surface area contributed by atoms with Gasteiger partial charge in [0.25, 0.3) is 0 Å². The van der Waals surface area contributed by atoms with Gasteiger partial charge in [-0.2, -0.15) is 0 Å². The van der Waals surface area contributed by atoms with Gasteiger partial charge in [0.05, 0.1) is 0 Å². The average Bonchev–Trinajstić information content (AvgIpc) is 2.69. The fraction of sp³-hybridized carbons (Fsp3) is 0.857. The van der Waals surface area contributed by atoms with E-state index in [0.29, 0.717) is 5.92 Å². The van der Waals surface area contributed by atoms with E-state index in [2.05, 4.69) is 25.5 Å². The molecule has 0 aromatic rings. The van der Waals surface area contributed by atoms with Gasteiger partial charge >= 0.3 is 11.9 Å². The first kappa shape index (κ1) is 14.6. The van der Waals surface area contributed by atoms with Gasteiger partial charge in [-0.25, -0.2) is 4.79 Å². The van der Waals surface area contributed by atoms with Crippen molar-refractivity contribution in [2.75, 3.05) is 12.5 Å². The zero-order valence-electron chi connectivity index (χ0n) is 11.7. The van der Waals surface area contributed by atoms with Crippen molar-refractivity contribution in [3.63, 3.8) is 0 Å². The molecule has 2 rings (SSSR count). The first-order valence-corrected chi connectivity index (χ1v) is 7.26. The van der Waals surface area contributed by atoms with Crippen LogP contribution in [-0.2, 0) is 19.1 Å². The van der Waals surface area contributed by atoms with Crippen molar-refractivity contribution in [1.82, 2.24) is 0 Å². The molecular weight excluding hydrogens is 268 g/mol. The SMILES string of the molecule is CC1(C)C2CCC1(C)[C@@H](OC(=O)COC(=O)CCl)C2. The highest BCUT2D eigenvalue weighted by molar-refractivity contribution is 6.26. The number of alkyl halides is 1. The first-order valence-electron chi connectivity index (χ1n) is 6.72.